The van der Waals surface area contributed by atoms with E-state index in [1.165, 1.54) is 62.1 Å². The van der Waals surface area contributed by atoms with Crippen LogP contribution in [0.2, 0.25) is 0 Å². The van der Waals surface area contributed by atoms with Crippen LogP contribution in [0.5, 0.6) is 0 Å². The molecule has 0 spiro atoms. The Morgan fingerprint density at radius 3 is 2.81 bits per heavy atom. The van der Waals surface area contributed by atoms with Gasteiger partial charge in [0.2, 0.25) is 0 Å². The maximum atomic E-state index is 3.68. The van der Waals surface area contributed by atoms with Crippen molar-refractivity contribution in [3.8, 4) is 0 Å². The summed E-state index contributed by atoms with van der Waals surface area (Å²) in [4.78, 5) is 5.34. The highest BCUT2D eigenvalue weighted by molar-refractivity contribution is 5.71. The minimum atomic E-state index is 0.707. The maximum absolute atomic E-state index is 3.68. The zero-order chi connectivity index (χ0) is 17.8. The number of anilines is 2. The van der Waals surface area contributed by atoms with Gasteiger partial charge >= 0.3 is 0 Å². The standard InChI is InChI=1S/C24H29N3/c1-2-5-19-15-26(11-8-17(19)4-1)21-12-18-6-3-10-27-16-20-7-9-25-14-23(20)22(13-21)24(18)27/h1-2,4-5,12-13,20,23,25H,3,6-11,14-16H2/t20?,23-/m1/s1. The molecule has 2 atom stereocenters. The van der Waals surface area contributed by atoms with Crippen molar-refractivity contribution in [2.24, 2.45) is 5.92 Å². The van der Waals surface area contributed by atoms with E-state index in [9.17, 15) is 0 Å². The molecule has 0 amide bonds. The van der Waals surface area contributed by atoms with Gasteiger partial charge < -0.3 is 15.1 Å². The highest BCUT2D eigenvalue weighted by Gasteiger charge is 2.38. The molecular formula is C24H29N3. The summed E-state index contributed by atoms with van der Waals surface area (Å²) in [5.41, 5.74) is 9.37. The maximum Gasteiger partial charge on any atom is 0.0436 e. The van der Waals surface area contributed by atoms with E-state index < -0.39 is 0 Å². The molecule has 4 aliphatic rings. The number of rotatable bonds is 1. The van der Waals surface area contributed by atoms with Crippen LogP contribution in [0.3, 0.4) is 0 Å². The first-order chi connectivity index (χ1) is 13.4. The quantitative estimate of drug-likeness (QED) is 0.837. The molecule has 1 N–H and O–H groups in total. The summed E-state index contributed by atoms with van der Waals surface area (Å²) in [6.07, 6.45) is 5.07. The van der Waals surface area contributed by atoms with Crippen LogP contribution < -0.4 is 15.1 Å². The van der Waals surface area contributed by atoms with Gasteiger partial charge in [0.15, 0.2) is 0 Å². The van der Waals surface area contributed by atoms with Crippen LogP contribution in [0.15, 0.2) is 36.4 Å². The predicted octanol–water partition coefficient (Wildman–Crippen LogP) is 3.71. The number of benzene rings is 2. The second-order valence-corrected chi connectivity index (χ2v) is 8.89. The van der Waals surface area contributed by atoms with Crippen LogP contribution in [0.1, 0.15) is 41.0 Å². The molecule has 140 valence electrons. The van der Waals surface area contributed by atoms with E-state index in [1.807, 2.05) is 0 Å². The molecule has 0 aliphatic carbocycles. The Morgan fingerprint density at radius 2 is 1.85 bits per heavy atom. The summed E-state index contributed by atoms with van der Waals surface area (Å²) in [6.45, 7) is 7.10. The van der Waals surface area contributed by atoms with Gasteiger partial charge in [-0.15, -0.1) is 0 Å². The average molecular weight is 360 g/mol. The van der Waals surface area contributed by atoms with Gasteiger partial charge in [0.1, 0.15) is 0 Å². The first-order valence-corrected chi connectivity index (χ1v) is 10.8. The minimum absolute atomic E-state index is 0.707. The Balaban J connectivity index is 1.42. The zero-order valence-electron chi connectivity index (χ0n) is 16.1. The number of fused-ring (bicyclic) bond motifs is 3. The Kier molecular flexibility index (Phi) is 3.72. The first kappa shape index (κ1) is 16.0. The number of hydrogen-bond donors (Lipinski definition) is 1. The lowest BCUT2D eigenvalue weighted by Gasteiger charge is -2.47. The number of nitrogens with zero attached hydrogens (tertiary/aromatic N) is 2. The highest BCUT2D eigenvalue weighted by Crippen LogP contribution is 2.47. The monoisotopic (exact) mass is 359 g/mol. The summed E-state index contributed by atoms with van der Waals surface area (Å²) in [7, 11) is 0. The van der Waals surface area contributed by atoms with Gasteiger partial charge in [-0.1, -0.05) is 24.3 Å². The predicted molar refractivity (Wildman–Crippen MR) is 112 cm³/mol. The van der Waals surface area contributed by atoms with E-state index in [-0.39, 0.29) is 0 Å². The third-order valence-corrected chi connectivity index (χ3v) is 7.37. The number of hydrogen-bond acceptors (Lipinski definition) is 3. The van der Waals surface area contributed by atoms with Gasteiger partial charge in [0.25, 0.3) is 0 Å². The molecule has 1 saturated heterocycles. The van der Waals surface area contributed by atoms with Crippen LogP contribution >= 0.6 is 0 Å². The Morgan fingerprint density at radius 1 is 0.926 bits per heavy atom. The van der Waals surface area contributed by atoms with E-state index in [4.69, 9.17) is 0 Å². The van der Waals surface area contributed by atoms with Crippen molar-refractivity contribution >= 4 is 11.4 Å². The Bertz CT molecular complexity index is 874. The van der Waals surface area contributed by atoms with Crippen LogP contribution in [0.4, 0.5) is 11.4 Å². The Labute approximate surface area is 162 Å². The molecule has 1 unspecified atom stereocenters. The molecule has 27 heavy (non-hydrogen) atoms. The minimum Gasteiger partial charge on any atom is -0.371 e. The second-order valence-electron chi connectivity index (χ2n) is 8.89. The average Bonchev–Trinajstić information content (AvgIpc) is 2.73. The lowest BCUT2D eigenvalue weighted by atomic mass is 9.75. The second kappa shape index (κ2) is 6.27. The van der Waals surface area contributed by atoms with Crippen LogP contribution in [-0.4, -0.2) is 32.7 Å². The molecule has 3 nitrogen and oxygen atoms in total. The molecule has 4 aliphatic heterocycles. The van der Waals surface area contributed by atoms with E-state index in [2.05, 4.69) is 51.5 Å². The Hall–Kier alpha value is -2.00. The summed E-state index contributed by atoms with van der Waals surface area (Å²) in [5, 5.41) is 3.68. The van der Waals surface area contributed by atoms with Crippen LogP contribution in [-0.2, 0) is 19.4 Å². The molecule has 0 radical (unpaired) electrons. The number of piperidine rings is 1. The summed E-state index contributed by atoms with van der Waals surface area (Å²) in [6, 6.07) is 14.1. The van der Waals surface area contributed by atoms with E-state index in [1.54, 1.807) is 16.8 Å². The summed E-state index contributed by atoms with van der Waals surface area (Å²) in [5.74, 6) is 1.54. The molecule has 1 fully saturated rings. The molecule has 2 aromatic rings. The fourth-order valence-electron chi connectivity index (χ4n) is 5.99. The van der Waals surface area contributed by atoms with Crippen LogP contribution in [0, 0.1) is 5.92 Å². The first-order valence-electron chi connectivity index (χ1n) is 10.8. The molecule has 3 heteroatoms. The highest BCUT2D eigenvalue weighted by atomic mass is 15.2. The fraction of sp³-hybridized carbons (Fsp3) is 0.500. The smallest absolute Gasteiger partial charge is 0.0436 e. The van der Waals surface area contributed by atoms with Gasteiger partial charge in [-0.25, -0.2) is 0 Å². The third-order valence-electron chi connectivity index (χ3n) is 7.37. The van der Waals surface area contributed by atoms with Crippen molar-refractivity contribution in [3.05, 3.63) is 58.7 Å². The van der Waals surface area contributed by atoms with Crippen molar-refractivity contribution in [1.82, 2.24) is 5.32 Å². The summed E-state index contributed by atoms with van der Waals surface area (Å²) >= 11 is 0. The molecule has 0 bridgehead atoms. The zero-order valence-corrected chi connectivity index (χ0v) is 16.1. The fourth-order valence-corrected chi connectivity index (χ4v) is 5.99. The van der Waals surface area contributed by atoms with Crippen molar-refractivity contribution in [1.29, 1.82) is 0 Å². The molecule has 2 aromatic carbocycles. The van der Waals surface area contributed by atoms with Crippen molar-refractivity contribution in [2.45, 2.75) is 38.1 Å². The SMILES string of the molecule is c1ccc2c(c1)CCN(c1cc3c4c(c1)[C@@H]1CNCCC1CN4CCC3)C2. The van der Waals surface area contributed by atoms with E-state index >= 15 is 0 Å². The number of aryl methyl sites for hydroxylation is 1. The lowest BCUT2D eigenvalue weighted by molar-refractivity contribution is 0.309. The molecule has 0 saturated carbocycles. The van der Waals surface area contributed by atoms with Crippen molar-refractivity contribution < 1.29 is 0 Å². The van der Waals surface area contributed by atoms with E-state index in [0.717, 1.165) is 25.6 Å². The topological polar surface area (TPSA) is 18.5 Å². The third kappa shape index (κ3) is 2.59. The molecular weight excluding hydrogens is 330 g/mol. The van der Waals surface area contributed by atoms with Gasteiger partial charge in [-0.2, -0.15) is 0 Å². The molecule has 4 heterocycles. The number of nitrogens with one attached hydrogen (secondary N) is 1. The normalized spacial score (nSPS) is 26.2. The van der Waals surface area contributed by atoms with Crippen molar-refractivity contribution in [2.75, 3.05) is 42.5 Å². The van der Waals surface area contributed by atoms with Gasteiger partial charge in [-0.3, -0.25) is 0 Å². The van der Waals surface area contributed by atoms with Gasteiger partial charge in [-0.05, 0) is 72.5 Å². The lowest BCUT2D eigenvalue weighted by Crippen LogP contribution is -2.47. The molecule has 6 rings (SSSR count). The largest absolute Gasteiger partial charge is 0.371 e. The van der Waals surface area contributed by atoms with Crippen molar-refractivity contribution in [3.63, 3.8) is 0 Å². The van der Waals surface area contributed by atoms with Gasteiger partial charge in [0, 0.05) is 50.0 Å². The van der Waals surface area contributed by atoms with E-state index in [0.29, 0.717) is 5.92 Å². The molecule has 0 aromatic heterocycles. The van der Waals surface area contributed by atoms with Gasteiger partial charge in [0.05, 0.1) is 0 Å². The summed E-state index contributed by atoms with van der Waals surface area (Å²) < 4.78 is 0. The van der Waals surface area contributed by atoms with Crippen LogP contribution in [0.25, 0.3) is 0 Å².